The van der Waals surface area contributed by atoms with Crippen LogP contribution in [0.4, 0.5) is 0 Å². The van der Waals surface area contributed by atoms with Gasteiger partial charge < -0.3 is 15.1 Å². The van der Waals surface area contributed by atoms with Crippen LogP contribution in [0, 0.1) is 5.41 Å². The fourth-order valence-electron chi connectivity index (χ4n) is 1.34. The van der Waals surface area contributed by atoms with Gasteiger partial charge in [0.25, 0.3) is 0 Å². The van der Waals surface area contributed by atoms with E-state index in [2.05, 4.69) is 0 Å². The molecule has 1 rings (SSSR count). The number of likely N-dealkylation sites (N-methyl/N-ethyl adjacent to an activating group) is 1. The lowest BCUT2D eigenvalue weighted by molar-refractivity contribution is -0.134. The highest BCUT2D eigenvalue weighted by Gasteiger charge is 2.29. The summed E-state index contributed by atoms with van der Waals surface area (Å²) in [6.45, 7) is 6.41. The fourth-order valence-corrected chi connectivity index (χ4v) is 1.34. The number of carbonyl (C=O) groups is 1. The molecule has 1 aromatic rings. The molecule has 1 amide bonds. The van der Waals surface area contributed by atoms with E-state index in [0.29, 0.717) is 6.54 Å². The smallest absolute Gasteiger partial charge is 0.240 e. The van der Waals surface area contributed by atoms with Crippen LogP contribution in [0.5, 0.6) is 0 Å². The maximum absolute atomic E-state index is 12.0. The molecule has 1 atom stereocenters. The Morgan fingerprint density at radius 1 is 1.56 bits per heavy atom. The molecule has 0 aliphatic carbocycles. The van der Waals surface area contributed by atoms with Crippen molar-refractivity contribution in [3.8, 4) is 0 Å². The van der Waals surface area contributed by atoms with E-state index in [0.717, 1.165) is 5.56 Å². The highest BCUT2D eigenvalue weighted by molar-refractivity contribution is 5.82. The molecule has 0 aliphatic heterocycles. The van der Waals surface area contributed by atoms with Gasteiger partial charge in [0.15, 0.2) is 0 Å². The highest BCUT2D eigenvalue weighted by Crippen LogP contribution is 2.19. The van der Waals surface area contributed by atoms with Gasteiger partial charge in [-0.1, -0.05) is 20.8 Å². The summed E-state index contributed by atoms with van der Waals surface area (Å²) < 4.78 is 4.95. The van der Waals surface area contributed by atoms with Crippen molar-refractivity contribution < 1.29 is 9.21 Å². The van der Waals surface area contributed by atoms with Crippen molar-refractivity contribution >= 4 is 5.91 Å². The minimum absolute atomic E-state index is 0.0475. The van der Waals surface area contributed by atoms with Crippen LogP contribution in [0.2, 0.25) is 0 Å². The second kappa shape index (κ2) is 4.70. The summed E-state index contributed by atoms with van der Waals surface area (Å²) in [5, 5.41) is 0. The molecule has 4 heteroatoms. The second-order valence-corrected chi connectivity index (χ2v) is 5.17. The number of rotatable bonds is 3. The quantitative estimate of drug-likeness (QED) is 0.848. The van der Waals surface area contributed by atoms with Gasteiger partial charge in [0.1, 0.15) is 0 Å². The lowest BCUT2D eigenvalue weighted by atomic mass is 9.86. The first kappa shape index (κ1) is 12.8. The van der Waals surface area contributed by atoms with Gasteiger partial charge in [0, 0.05) is 19.2 Å². The molecule has 1 aromatic heterocycles. The number of nitrogens with two attached hydrogens (primary N) is 1. The molecule has 0 saturated carbocycles. The van der Waals surface area contributed by atoms with Crippen LogP contribution in [0.1, 0.15) is 26.3 Å². The molecule has 0 spiro atoms. The lowest BCUT2D eigenvalue weighted by Gasteiger charge is -2.29. The SMILES string of the molecule is CN(Cc1ccoc1)C(=O)C(N)C(C)(C)C. The van der Waals surface area contributed by atoms with E-state index >= 15 is 0 Å². The normalized spacial score (nSPS) is 13.6. The fraction of sp³-hybridized carbons (Fsp3) is 0.583. The number of amides is 1. The van der Waals surface area contributed by atoms with Gasteiger partial charge in [-0.05, 0) is 11.5 Å². The molecule has 1 unspecified atom stereocenters. The van der Waals surface area contributed by atoms with Gasteiger partial charge in [-0.3, -0.25) is 4.79 Å². The molecule has 4 nitrogen and oxygen atoms in total. The largest absolute Gasteiger partial charge is 0.472 e. The van der Waals surface area contributed by atoms with Crippen molar-refractivity contribution in [3.05, 3.63) is 24.2 Å². The van der Waals surface area contributed by atoms with E-state index in [1.165, 1.54) is 0 Å². The van der Waals surface area contributed by atoms with Crippen molar-refractivity contribution in [3.63, 3.8) is 0 Å². The van der Waals surface area contributed by atoms with Gasteiger partial charge in [-0.25, -0.2) is 0 Å². The zero-order valence-electron chi connectivity index (χ0n) is 10.4. The Bertz CT molecular complexity index is 338. The van der Waals surface area contributed by atoms with Crippen LogP contribution in [0.15, 0.2) is 23.0 Å². The predicted octanol–water partition coefficient (Wildman–Crippen LogP) is 1.61. The average molecular weight is 224 g/mol. The maximum Gasteiger partial charge on any atom is 0.240 e. The highest BCUT2D eigenvalue weighted by atomic mass is 16.3. The standard InChI is InChI=1S/C12H20N2O2/c1-12(2,3)10(13)11(15)14(4)7-9-5-6-16-8-9/h5-6,8,10H,7,13H2,1-4H3. The first-order valence-electron chi connectivity index (χ1n) is 5.34. The van der Waals surface area contributed by atoms with Crippen LogP contribution >= 0.6 is 0 Å². The molecule has 0 saturated heterocycles. The summed E-state index contributed by atoms with van der Waals surface area (Å²) in [4.78, 5) is 13.6. The van der Waals surface area contributed by atoms with Crippen LogP contribution < -0.4 is 5.73 Å². The first-order chi connectivity index (χ1) is 7.32. The number of hydrogen-bond donors (Lipinski definition) is 1. The number of hydrogen-bond acceptors (Lipinski definition) is 3. The number of furan rings is 1. The van der Waals surface area contributed by atoms with Gasteiger partial charge in [-0.2, -0.15) is 0 Å². The molecular weight excluding hydrogens is 204 g/mol. The summed E-state index contributed by atoms with van der Waals surface area (Å²) in [5.41, 5.74) is 6.66. The third kappa shape index (κ3) is 3.10. The molecule has 0 aromatic carbocycles. The number of carbonyl (C=O) groups excluding carboxylic acids is 1. The Hall–Kier alpha value is -1.29. The molecule has 0 aliphatic rings. The Morgan fingerprint density at radius 3 is 2.62 bits per heavy atom. The topological polar surface area (TPSA) is 59.5 Å². The summed E-state index contributed by atoms with van der Waals surface area (Å²) in [6, 6.07) is 1.36. The van der Waals surface area contributed by atoms with Crippen molar-refractivity contribution in [1.29, 1.82) is 0 Å². The van der Waals surface area contributed by atoms with Gasteiger partial charge in [-0.15, -0.1) is 0 Å². The predicted molar refractivity (Wildman–Crippen MR) is 62.6 cm³/mol. The van der Waals surface area contributed by atoms with E-state index in [9.17, 15) is 4.79 Å². The van der Waals surface area contributed by atoms with E-state index in [4.69, 9.17) is 10.2 Å². The van der Waals surface area contributed by atoms with E-state index in [-0.39, 0.29) is 11.3 Å². The zero-order valence-corrected chi connectivity index (χ0v) is 10.4. The average Bonchev–Trinajstić information content (AvgIpc) is 2.66. The molecule has 0 fully saturated rings. The van der Waals surface area contributed by atoms with Gasteiger partial charge in [0.2, 0.25) is 5.91 Å². The van der Waals surface area contributed by atoms with Crippen LogP contribution in [-0.4, -0.2) is 23.9 Å². The molecule has 90 valence electrons. The first-order valence-corrected chi connectivity index (χ1v) is 5.34. The van der Waals surface area contributed by atoms with Crippen molar-refractivity contribution in [2.75, 3.05) is 7.05 Å². The minimum Gasteiger partial charge on any atom is -0.472 e. The minimum atomic E-state index is -0.482. The van der Waals surface area contributed by atoms with Crippen LogP contribution in [-0.2, 0) is 11.3 Å². The van der Waals surface area contributed by atoms with Gasteiger partial charge in [0.05, 0.1) is 18.6 Å². The van der Waals surface area contributed by atoms with Crippen molar-refractivity contribution in [1.82, 2.24) is 4.90 Å². The molecule has 16 heavy (non-hydrogen) atoms. The monoisotopic (exact) mass is 224 g/mol. The second-order valence-electron chi connectivity index (χ2n) is 5.17. The lowest BCUT2D eigenvalue weighted by Crippen LogP contribution is -2.48. The Kier molecular flexibility index (Phi) is 3.75. The van der Waals surface area contributed by atoms with Gasteiger partial charge >= 0.3 is 0 Å². The zero-order chi connectivity index (χ0) is 12.3. The Balaban J connectivity index is 2.61. The van der Waals surface area contributed by atoms with Crippen LogP contribution in [0.25, 0.3) is 0 Å². The summed E-state index contributed by atoms with van der Waals surface area (Å²) >= 11 is 0. The number of nitrogens with zero attached hydrogens (tertiary/aromatic N) is 1. The van der Waals surface area contributed by atoms with Crippen molar-refractivity contribution in [2.24, 2.45) is 11.1 Å². The van der Waals surface area contributed by atoms with E-state index in [1.54, 1.807) is 24.5 Å². The Morgan fingerprint density at radius 2 is 2.19 bits per heavy atom. The maximum atomic E-state index is 12.0. The molecule has 1 heterocycles. The molecule has 2 N–H and O–H groups in total. The summed E-state index contributed by atoms with van der Waals surface area (Å²) in [7, 11) is 1.75. The molecule has 0 radical (unpaired) electrons. The summed E-state index contributed by atoms with van der Waals surface area (Å²) in [5.74, 6) is -0.0475. The van der Waals surface area contributed by atoms with Crippen LogP contribution in [0.3, 0.4) is 0 Å². The van der Waals surface area contributed by atoms with Crippen molar-refractivity contribution in [2.45, 2.75) is 33.4 Å². The summed E-state index contributed by atoms with van der Waals surface area (Å²) in [6.07, 6.45) is 3.23. The molecular formula is C12H20N2O2. The third-order valence-electron chi connectivity index (χ3n) is 2.58. The third-order valence-corrected chi connectivity index (χ3v) is 2.58. The van der Waals surface area contributed by atoms with E-state index < -0.39 is 6.04 Å². The van der Waals surface area contributed by atoms with E-state index in [1.807, 2.05) is 26.8 Å². The molecule has 0 bridgehead atoms. The Labute approximate surface area is 96.4 Å².